The van der Waals surface area contributed by atoms with Crippen molar-refractivity contribution in [3.8, 4) is 0 Å². The van der Waals surface area contributed by atoms with Gasteiger partial charge in [-0.05, 0) is 51.6 Å². The molecule has 0 N–H and O–H groups in total. The van der Waals surface area contributed by atoms with Gasteiger partial charge in [0.1, 0.15) is 0 Å². The Morgan fingerprint density at radius 2 is 2.04 bits per heavy atom. The smallest absolute Gasteiger partial charge is 0.254 e. The van der Waals surface area contributed by atoms with Crippen molar-refractivity contribution in [2.24, 2.45) is 0 Å². The molecule has 0 radical (unpaired) electrons. The van der Waals surface area contributed by atoms with Crippen molar-refractivity contribution in [1.29, 1.82) is 0 Å². The minimum atomic E-state index is 0.130. The van der Waals surface area contributed by atoms with Gasteiger partial charge < -0.3 is 9.80 Å². The van der Waals surface area contributed by atoms with Gasteiger partial charge in [0.05, 0.1) is 12.2 Å². The van der Waals surface area contributed by atoms with Gasteiger partial charge in [0.25, 0.3) is 5.91 Å². The van der Waals surface area contributed by atoms with Gasteiger partial charge in [0.2, 0.25) is 0 Å². The van der Waals surface area contributed by atoms with E-state index in [1.54, 1.807) is 0 Å². The van der Waals surface area contributed by atoms with E-state index in [4.69, 9.17) is 0 Å². The maximum atomic E-state index is 12.9. The van der Waals surface area contributed by atoms with Gasteiger partial charge in [0.15, 0.2) is 0 Å². The van der Waals surface area contributed by atoms with Gasteiger partial charge in [-0.25, -0.2) is 0 Å². The number of aryl methyl sites for hydroxylation is 2. The molecule has 1 atom stereocenters. The highest BCUT2D eigenvalue weighted by Gasteiger charge is 2.26. The van der Waals surface area contributed by atoms with Gasteiger partial charge in [0, 0.05) is 36.9 Å². The molecule has 1 unspecified atom stereocenters. The molecule has 2 heterocycles. The molecule has 1 amide bonds. The molecular weight excluding hydrogens is 300 g/mol. The third kappa shape index (κ3) is 3.51. The summed E-state index contributed by atoms with van der Waals surface area (Å²) in [5, 5.41) is 4.51. The Morgan fingerprint density at radius 3 is 2.71 bits per heavy atom. The van der Waals surface area contributed by atoms with Crippen LogP contribution in [-0.2, 0) is 6.54 Å². The van der Waals surface area contributed by atoms with Crippen molar-refractivity contribution in [2.75, 3.05) is 26.7 Å². The van der Waals surface area contributed by atoms with Crippen LogP contribution in [0, 0.1) is 13.8 Å². The van der Waals surface area contributed by atoms with Crippen molar-refractivity contribution >= 4 is 5.91 Å². The molecule has 0 spiro atoms. The number of piperazine rings is 1. The minimum Gasteiger partial charge on any atom is -0.333 e. The molecule has 0 aliphatic carbocycles. The van der Waals surface area contributed by atoms with E-state index in [1.165, 1.54) is 0 Å². The number of benzene rings is 1. The summed E-state index contributed by atoms with van der Waals surface area (Å²) in [7, 11) is 2.10. The van der Waals surface area contributed by atoms with E-state index in [9.17, 15) is 4.79 Å². The molecule has 5 nitrogen and oxygen atoms in total. The monoisotopic (exact) mass is 326 g/mol. The summed E-state index contributed by atoms with van der Waals surface area (Å²) in [5.74, 6) is 0.130. The van der Waals surface area contributed by atoms with Crippen LogP contribution in [-0.4, -0.2) is 58.2 Å². The molecule has 2 aromatic rings. The SMILES string of the molecule is Cc1cc(C)n(Cc2cccc(C(=O)N3CCN(C)CC3C)c2)n1. The first kappa shape index (κ1) is 16.7. The van der Waals surface area contributed by atoms with Gasteiger partial charge in [-0.3, -0.25) is 9.48 Å². The van der Waals surface area contributed by atoms with E-state index in [0.29, 0.717) is 6.54 Å². The van der Waals surface area contributed by atoms with Crippen LogP contribution in [0.4, 0.5) is 0 Å². The van der Waals surface area contributed by atoms with Crippen molar-refractivity contribution in [3.05, 3.63) is 52.8 Å². The lowest BCUT2D eigenvalue weighted by atomic mass is 10.1. The van der Waals surface area contributed by atoms with Crippen LogP contribution in [0.1, 0.15) is 34.2 Å². The zero-order valence-electron chi connectivity index (χ0n) is 15.0. The quantitative estimate of drug-likeness (QED) is 0.869. The maximum Gasteiger partial charge on any atom is 0.254 e. The first-order valence-electron chi connectivity index (χ1n) is 8.53. The average molecular weight is 326 g/mol. The van der Waals surface area contributed by atoms with E-state index in [0.717, 1.165) is 42.1 Å². The van der Waals surface area contributed by atoms with Crippen LogP contribution in [0.25, 0.3) is 0 Å². The lowest BCUT2D eigenvalue weighted by Crippen LogP contribution is -2.52. The topological polar surface area (TPSA) is 41.4 Å². The fraction of sp³-hybridized carbons (Fsp3) is 0.474. The Balaban J connectivity index is 1.77. The second-order valence-electron chi connectivity index (χ2n) is 6.89. The summed E-state index contributed by atoms with van der Waals surface area (Å²) >= 11 is 0. The number of likely N-dealkylation sites (N-methyl/N-ethyl adjacent to an activating group) is 1. The Morgan fingerprint density at radius 1 is 1.25 bits per heavy atom. The van der Waals surface area contributed by atoms with Crippen LogP contribution in [0.2, 0.25) is 0 Å². The maximum absolute atomic E-state index is 12.9. The van der Waals surface area contributed by atoms with Crippen LogP contribution in [0.5, 0.6) is 0 Å². The first-order chi connectivity index (χ1) is 11.4. The number of hydrogen-bond donors (Lipinski definition) is 0. The van der Waals surface area contributed by atoms with E-state index < -0.39 is 0 Å². The lowest BCUT2D eigenvalue weighted by Gasteiger charge is -2.38. The summed E-state index contributed by atoms with van der Waals surface area (Å²) < 4.78 is 1.98. The molecule has 1 saturated heterocycles. The molecule has 1 aromatic carbocycles. The highest BCUT2D eigenvalue weighted by molar-refractivity contribution is 5.94. The molecule has 0 bridgehead atoms. The second kappa shape index (κ2) is 6.77. The third-order valence-corrected chi connectivity index (χ3v) is 4.70. The van der Waals surface area contributed by atoms with E-state index in [2.05, 4.69) is 43.0 Å². The summed E-state index contributed by atoms with van der Waals surface area (Å²) in [4.78, 5) is 17.1. The molecule has 1 aromatic heterocycles. The highest BCUT2D eigenvalue weighted by atomic mass is 16.2. The Labute approximate surface area is 143 Å². The van der Waals surface area contributed by atoms with Crippen LogP contribution in [0.15, 0.2) is 30.3 Å². The number of carbonyl (C=O) groups excluding carboxylic acids is 1. The number of nitrogens with zero attached hydrogens (tertiary/aromatic N) is 4. The van der Waals surface area contributed by atoms with Gasteiger partial charge in [-0.1, -0.05) is 12.1 Å². The zero-order chi connectivity index (χ0) is 17.3. The Bertz CT molecular complexity index is 737. The molecule has 5 heteroatoms. The van der Waals surface area contributed by atoms with Crippen LogP contribution >= 0.6 is 0 Å². The second-order valence-corrected chi connectivity index (χ2v) is 6.89. The Kier molecular flexibility index (Phi) is 4.71. The molecular formula is C19H26N4O. The molecule has 0 saturated carbocycles. The zero-order valence-corrected chi connectivity index (χ0v) is 15.0. The summed E-state index contributed by atoms with van der Waals surface area (Å²) in [5.41, 5.74) is 4.03. The number of amides is 1. The number of carbonyl (C=O) groups is 1. The average Bonchev–Trinajstić information content (AvgIpc) is 2.84. The van der Waals surface area contributed by atoms with Crippen molar-refractivity contribution in [3.63, 3.8) is 0 Å². The van der Waals surface area contributed by atoms with Gasteiger partial charge >= 0.3 is 0 Å². The fourth-order valence-corrected chi connectivity index (χ4v) is 3.42. The summed E-state index contributed by atoms with van der Waals surface area (Å²) in [6, 6.07) is 10.3. The largest absolute Gasteiger partial charge is 0.333 e. The van der Waals surface area contributed by atoms with Crippen LogP contribution in [0.3, 0.4) is 0 Å². The lowest BCUT2D eigenvalue weighted by molar-refractivity contribution is 0.0533. The third-order valence-electron chi connectivity index (χ3n) is 4.70. The standard InChI is InChI=1S/C19H26N4O/c1-14-10-15(2)23(20-14)13-17-6-5-7-18(11-17)19(24)22-9-8-21(4)12-16(22)3/h5-7,10-11,16H,8-9,12-13H2,1-4H3. The van der Waals surface area contributed by atoms with Crippen LogP contribution < -0.4 is 0 Å². The van der Waals surface area contributed by atoms with E-state index in [1.807, 2.05) is 34.7 Å². The van der Waals surface area contributed by atoms with E-state index in [-0.39, 0.29) is 11.9 Å². The fourth-order valence-electron chi connectivity index (χ4n) is 3.42. The first-order valence-corrected chi connectivity index (χ1v) is 8.53. The molecule has 24 heavy (non-hydrogen) atoms. The summed E-state index contributed by atoms with van der Waals surface area (Å²) in [6.45, 7) is 9.52. The summed E-state index contributed by atoms with van der Waals surface area (Å²) in [6.07, 6.45) is 0. The molecule has 1 aliphatic heterocycles. The minimum absolute atomic E-state index is 0.130. The number of rotatable bonds is 3. The molecule has 1 fully saturated rings. The van der Waals surface area contributed by atoms with Crippen molar-refractivity contribution in [2.45, 2.75) is 33.4 Å². The normalized spacial score (nSPS) is 18.8. The van der Waals surface area contributed by atoms with Gasteiger partial charge in [-0.15, -0.1) is 0 Å². The number of aromatic nitrogens is 2. The van der Waals surface area contributed by atoms with Crippen molar-refractivity contribution < 1.29 is 4.79 Å². The molecule has 128 valence electrons. The van der Waals surface area contributed by atoms with Crippen molar-refractivity contribution in [1.82, 2.24) is 19.6 Å². The van der Waals surface area contributed by atoms with Gasteiger partial charge in [-0.2, -0.15) is 5.10 Å². The molecule has 3 rings (SSSR count). The predicted octanol–water partition coefficient (Wildman–Crippen LogP) is 2.32. The number of hydrogen-bond acceptors (Lipinski definition) is 3. The van der Waals surface area contributed by atoms with E-state index >= 15 is 0 Å². The molecule has 1 aliphatic rings. The predicted molar refractivity (Wildman–Crippen MR) is 95.2 cm³/mol. The Hall–Kier alpha value is -2.14. The highest BCUT2D eigenvalue weighted by Crippen LogP contribution is 2.15.